The quantitative estimate of drug-likeness (QED) is 0.750. The van der Waals surface area contributed by atoms with Crippen molar-refractivity contribution in [2.24, 2.45) is 0 Å². The molecule has 72 valence electrons. The molecule has 4 heteroatoms. The van der Waals surface area contributed by atoms with E-state index in [0.717, 1.165) is 10.9 Å². The van der Waals surface area contributed by atoms with Crippen LogP contribution in [0.15, 0.2) is 16.7 Å². The molecule has 0 aliphatic rings. The van der Waals surface area contributed by atoms with Gasteiger partial charge in [0.05, 0.1) is 5.69 Å². The van der Waals surface area contributed by atoms with E-state index >= 15 is 0 Å². The normalized spacial score (nSPS) is 10.7. The maximum absolute atomic E-state index is 10.9. The van der Waals surface area contributed by atoms with E-state index in [9.17, 15) is 4.79 Å². The first kappa shape index (κ1) is 8.74. The van der Waals surface area contributed by atoms with Crippen molar-refractivity contribution in [1.29, 1.82) is 0 Å². The minimum atomic E-state index is -0.991. The molecule has 4 nitrogen and oxygen atoms in total. The first-order valence-electron chi connectivity index (χ1n) is 4.19. The summed E-state index contributed by atoms with van der Waals surface area (Å²) in [7, 11) is 0. The number of aromatic carboxylic acids is 1. The van der Waals surface area contributed by atoms with Crippen LogP contribution < -0.4 is 0 Å². The number of hydrogen-bond acceptors (Lipinski definition) is 3. The van der Waals surface area contributed by atoms with Crippen LogP contribution in [0.5, 0.6) is 0 Å². The highest BCUT2D eigenvalue weighted by molar-refractivity contribution is 6.01. The largest absolute Gasteiger partial charge is 0.478 e. The van der Waals surface area contributed by atoms with Crippen molar-refractivity contribution in [3.8, 4) is 0 Å². The summed E-state index contributed by atoms with van der Waals surface area (Å²) >= 11 is 0. The summed E-state index contributed by atoms with van der Waals surface area (Å²) in [6.45, 7) is 3.63. The van der Waals surface area contributed by atoms with Gasteiger partial charge in [0.2, 0.25) is 0 Å². The zero-order chi connectivity index (χ0) is 10.3. The van der Waals surface area contributed by atoms with Crippen LogP contribution >= 0.6 is 0 Å². The van der Waals surface area contributed by atoms with Crippen molar-refractivity contribution in [3.63, 3.8) is 0 Å². The Kier molecular flexibility index (Phi) is 1.77. The average molecular weight is 191 g/mol. The Hall–Kier alpha value is -1.84. The number of carboxylic acids is 1. The summed E-state index contributed by atoms with van der Waals surface area (Å²) in [5.74, 6) is -0.991. The molecule has 0 fully saturated rings. The number of nitrogens with zero attached hydrogens (tertiary/aromatic N) is 1. The SMILES string of the molecule is Cc1cc(C(=O)O)c2onc(C)c2c1. The van der Waals surface area contributed by atoms with Crippen LogP contribution in [-0.4, -0.2) is 16.2 Å². The lowest BCUT2D eigenvalue weighted by Crippen LogP contribution is -1.97. The third-order valence-electron chi connectivity index (χ3n) is 2.13. The van der Waals surface area contributed by atoms with Gasteiger partial charge in [-0.05, 0) is 31.5 Å². The summed E-state index contributed by atoms with van der Waals surface area (Å²) in [5.41, 5.74) is 2.12. The van der Waals surface area contributed by atoms with Gasteiger partial charge in [-0.1, -0.05) is 5.16 Å². The number of rotatable bonds is 1. The van der Waals surface area contributed by atoms with E-state index in [1.54, 1.807) is 13.0 Å². The summed E-state index contributed by atoms with van der Waals surface area (Å²) < 4.78 is 4.97. The van der Waals surface area contributed by atoms with Gasteiger partial charge < -0.3 is 9.63 Å². The second kappa shape index (κ2) is 2.83. The van der Waals surface area contributed by atoms with Gasteiger partial charge >= 0.3 is 5.97 Å². The maximum atomic E-state index is 10.9. The van der Waals surface area contributed by atoms with E-state index in [-0.39, 0.29) is 5.56 Å². The summed E-state index contributed by atoms with van der Waals surface area (Å²) in [6, 6.07) is 3.45. The number of aromatic nitrogens is 1. The number of carbonyl (C=O) groups is 1. The Labute approximate surface area is 80.1 Å². The van der Waals surface area contributed by atoms with Gasteiger partial charge in [0.25, 0.3) is 0 Å². The Morgan fingerprint density at radius 2 is 2.14 bits per heavy atom. The summed E-state index contributed by atoms with van der Waals surface area (Å²) in [6.07, 6.45) is 0. The molecule has 0 saturated heterocycles. The number of fused-ring (bicyclic) bond motifs is 1. The highest BCUT2D eigenvalue weighted by Gasteiger charge is 2.15. The summed E-state index contributed by atoms with van der Waals surface area (Å²) in [4.78, 5) is 10.9. The van der Waals surface area contributed by atoms with Crippen molar-refractivity contribution >= 4 is 16.9 Å². The maximum Gasteiger partial charge on any atom is 0.339 e. The highest BCUT2D eigenvalue weighted by atomic mass is 16.5. The van der Waals surface area contributed by atoms with Crippen LogP contribution in [0.1, 0.15) is 21.6 Å². The predicted molar refractivity (Wildman–Crippen MR) is 50.4 cm³/mol. The van der Waals surface area contributed by atoms with E-state index < -0.39 is 5.97 Å². The van der Waals surface area contributed by atoms with Gasteiger partial charge in [0.15, 0.2) is 5.58 Å². The first-order valence-corrected chi connectivity index (χ1v) is 4.19. The molecule has 0 spiro atoms. The molecular weight excluding hydrogens is 182 g/mol. The van der Waals surface area contributed by atoms with Gasteiger partial charge in [-0.25, -0.2) is 4.79 Å². The van der Waals surface area contributed by atoms with Crippen LogP contribution in [0.4, 0.5) is 0 Å². The minimum Gasteiger partial charge on any atom is -0.478 e. The molecular formula is C10H9NO3. The fourth-order valence-electron chi connectivity index (χ4n) is 1.46. The molecule has 0 unspecified atom stereocenters. The molecule has 1 heterocycles. The van der Waals surface area contributed by atoms with Gasteiger partial charge in [-0.3, -0.25) is 0 Å². The molecule has 0 amide bonds. The average Bonchev–Trinajstić information content (AvgIpc) is 2.47. The van der Waals surface area contributed by atoms with Gasteiger partial charge in [0, 0.05) is 5.39 Å². The Morgan fingerprint density at radius 3 is 2.79 bits per heavy atom. The lowest BCUT2D eigenvalue weighted by atomic mass is 10.1. The van der Waals surface area contributed by atoms with Crippen molar-refractivity contribution in [2.75, 3.05) is 0 Å². The second-order valence-corrected chi connectivity index (χ2v) is 3.26. The van der Waals surface area contributed by atoms with E-state index in [0.29, 0.717) is 11.3 Å². The minimum absolute atomic E-state index is 0.167. The number of benzene rings is 1. The van der Waals surface area contributed by atoms with Gasteiger partial charge in [0.1, 0.15) is 5.56 Å². The predicted octanol–water partition coefficient (Wildman–Crippen LogP) is 2.14. The zero-order valence-corrected chi connectivity index (χ0v) is 7.87. The van der Waals surface area contributed by atoms with Crippen molar-refractivity contribution in [2.45, 2.75) is 13.8 Å². The van der Waals surface area contributed by atoms with Crippen LogP contribution in [-0.2, 0) is 0 Å². The third kappa shape index (κ3) is 1.16. The second-order valence-electron chi connectivity index (χ2n) is 3.26. The smallest absolute Gasteiger partial charge is 0.339 e. The third-order valence-corrected chi connectivity index (χ3v) is 2.13. The zero-order valence-electron chi connectivity index (χ0n) is 7.87. The fraction of sp³-hybridized carbons (Fsp3) is 0.200. The summed E-state index contributed by atoms with van der Waals surface area (Å²) in [5, 5.41) is 13.4. The number of hydrogen-bond donors (Lipinski definition) is 1. The Morgan fingerprint density at radius 1 is 1.43 bits per heavy atom. The van der Waals surface area contributed by atoms with Crippen molar-refractivity contribution in [3.05, 3.63) is 29.0 Å². The molecule has 2 aromatic rings. The van der Waals surface area contributed by atoms with Gasteiger partial charge in [-0.2, -0.15) is 0 Å². The Balaban J connectivity index is 2.88. The molecule has 14 heavy (non-hydrogen) atoms. The topological polar surface area (TPSA) is 63.3 Å². The van der Waals surface area contributed by atoms with Gasteiger partial charge in [-0.15, -0.1) is 0 Å². The molecule has 0 bridgehead atoms. The molecule has 0 radical (unpaired) electrons. The standard InChI is InChI=1S/C10H9NO3/c1-5-3-7-6(2)11-14-9(7)8(4-5)10(12)13/h3-4H,1-2H3,(H,12,13). The van der Waals surface area contributed by atoms with E-state index in [1.165, 1.54) is 0 Å². The van der Waals surface area contributed by atoms with Crippen LogP contribution in [0.25, 0.3) is 11.0 Å². The van der Waals surface area contributed by atoms with Crippen LogP contribution in [0, 0.1) is 13.8 Å². The highest BCUT2D eigenvalue weighted by Crippen LogP contribution is 2.23. The lowest BCUT2D eigenvalue weighted by molar-refractivity contribution is 0.0697. The van der Waals surface area contributed by atoms with E-state index in [1.807, 2.05) is 13.0 Å². The molecule has 0 atom stereocenters. The molecule has 1 N–H and O–H groups in total. The van der Waals surface area contributed by atoms with Crippen molar-refractivity contribution < 1.29 is 14.4 Å². The lowest BCUT2D eigenvalue weighted by Gasteiger charge is -1.97. The number of aryl methyl sites for hydroxylation is 2. The molecule has 1 aromatic heterocycles. The molecule has 0 aliphatic carbocycles. The fourth-order valence-corrected chi connectivity index (χ4v) is 1.46. The Bertz CT molecular complexity index is 513. The monoisotopic (exact) mass is 191 g/mol. The molecule has 1 aromatic carbocycles. The molecule has 0 saturated carbocycles. The van der Waals surface area contributed by atoms with Crippen LogP contribution in [0.3, 0.4) is 0 Å². The number of carboxylic acid groups (broad SMARTS) is 1. The first-order chi connectivity index (χ1) is 6.59. The van der Waals surface area contributed by atoms with E-state index in [2.05, 4.69) is 5.16 Å². The van der Waals surface area contributed by atoms with Crippen molar-refractivity contribution in [1.82, 2.24) is 5.16 Å². The van der Waals surface area contributed by atoms with Crippen LogP contribution in [0.2, 0.25) is 0 Å². The molecule has 2 rings (SSSR count). The van der Waals surface area contributed by atoms with E-state index in [4.69, 9.17) is 9.63 Å². The molecule has 0 aliphatic heterocycles.